The highest BCUT2D eigenvalue weighted by Crippen LogP contribution is 2.35. The number of nitrogens with one attached hydrogen (secondary N) is 1. The molecule has 1 aromatic heterocycles. The minimum absolute atomic E-state index is 0.110. The highest BCUT2D eigenvalue weighted by Gasteiger charge is 2.20. The maximum absolute atomic E-state index is 13.7. The smallest absolute Gasteiger partial charge is 0.271 e. The van der Waals surface area contributed by atoms with Crippen molar-refractivity contribution in [3.05, 3.63) is 75.6 Å². The quantitative estimate of drug-likeness (QED) is 0.240. The van der Waals surface area contributed by atoms with E-state index in [-0.39, 0.29) is 32.9 Å². The van der Waals surface area contributed by atoms with Crippen LogP contribution in [0.25, 0.3) is 0 Å². The second-order valence-electron chi connectivity index (χ2n) is 5.52. The zero-order valence-corrected chi connectivity index (χ0v) is 16.1. The van der Waals surface area contributed by atoms with Crippen LogP contribution in [-0.4, -0.2) is 15.9 Å². The van der Waals surface area contributed by atoms with Gasteiger partial charge in [0.15, 0.2) is 5.76 Å². The van der Waals surface area contributed by atoms with Crippen molar-refractivity contribution in [3.8, 4) is 0 Å². The van der Waals surface area contributed by atoms with E-state index in [1.807, 2.05) is 0 Å². The number of hydrogen-bond acceptors (Lipinski definition) is 7. The molecule has 0 radical (unpaired) electrons. The summed E-state index contributed by atoms with van der Waals surface area (Å²) < 4.78 is 19.4. The number of amides is 1. The summed E-state index contributed by atoms with van der Waals surface area (Å²) >= 11 is 12.0. The van der Waals surface area contributed by atoms with Crippen LogP contribution in [0.2, 0.25) is 10.0 Å². The van der Waals surface area contributed by atoms with Crippen LogP contribution in [0.4, 0.5) is 10.1 Å². The summed E-state index contributed by atoms with van der Waals surface area (Å²) in [6, 6.07) is 2.47. The van der Waals surface area contributed by atoms with E-state index in [0.717, 1.165) is 12.1 Å². The Morgan fingerprint density at radius 2 is 1.89 bits per heavy atom. The number of aromatic nitrogens is 2. The Kier molecular flexibility index (Phi) is 7.02. The number of nitrogens with two attached hydrogens (primary N) is 3. The fourth-order valence-corrected chi connectivity index (χ4v) is 2.80. The minimum Gasteiger partial charge on any atom is -0.482 e. The summed E-state index contributed by atoms with van der Waals surface area (Å²) in [5.41, 5.74) is 17.3. The molecule has 1 atom stereocenters. The number of allylic oxidation sites excluding steroid dienone is 1. The van der Waals surface area contributed by atoms with E-state index in [0.29, 0.717) is 5.69 Å². The van der Waals surface area contributed by atoms with Crippen LogP contribution in [0.15, 0.2) is 54.2 Å². The first kappa shape index (κ1) is 21.3. The van der Waals surface area contributed by atoms with Gasteiger partial charge in [0.25, 0.3) is 5.91 Å². The summed E-state index contributed by atoms with van der Waals surface area (Å²) in [6.07, 6.45) is 4.37. The van der Waals surface area contributed by atoms with Gasteiger partial charge < -0.3 is 27.3 Å². The fraction of sp³-hybridized carbons (Fsp3) is 0.118. The Balaban J connectivity index is 2.22. The molecular weight excluding hydrogens is 410 g/mol. The van der Waals surface area contributed by atoms with Gasteiger partial charge in [-0.05, 0) is 19.1 Å². The third-order valence-corrected chi connectivity index (χ3v) is 4.16. The van der Waals surface area contributed by atoms with Crippen molar-refractivity contribution in [2.24, 2.45) is 17.2 Å². The average Bonchev–Trinajstić information content (AvgIpc) is 2.65. The van der Waals surface area contributed by atoms with Crippen molar-refractivity contribution in [3.63, 3.8) is 0 Å². The molecule has 8 nitrogen and oxygen atoms in total. The molecule has 0 saturated heterocycles. The number of nitrogens with zero attached hydrogens (tertiary/aromatic N) is 2. The third-order valence-electron chi connectivity index (χ3n) is 3.44. The summed E-state index contributed by atoms with van der Waals surface area (Å²) in [7, 11) is 0. The molecule has 0 saturated carbocycles. The molecule has 1 heterocycles. The standard InChI is InChI=1S/C17H17Cl2FN6O2/c1-8(14-10(18)2-3-11(20)15(14)19)28-13(16(22)23)4-12(21)17(27)26-9-5-24-7-25-6-9/h2-8H,21-23H2,1H3,(H,26,27)/b12-4-. The van der Waals surface area contributed by atoms with Gasteiger partial charge in [0, 0.05) is 16.7 Å². The maximum atomic E-state index is 13.7. The Morgan fingerprint density at radius 3 is 2.50 bits per heavy atom. The van der Waals surface area contributed by atoms with E-state index < -0.39 is 17.8 Å². The Labute approximate surface area is 170 Å². The molecule has 1 aromatic carbocycles. The van der Waals surface area contributed by atoms with Gasteiger partial charge in [0.1, 0.15) is 29.8 Å². The molecule has 148 valence electrons. The van der Waals surface area contributed by atoms with Crippen LogP contribution in [-0.2, 0) is 9.53 Å². The van der Waals surface area contributed by atoms with Crippen molar-refractivity contribution in [2.45, 2.75) is 13.0 Å². The van der Waals surface area contributed by atoms with Crippen LogP contribution in [0.3, 0.4) is 0 Å². The average molecular weight is 427 g/mol. The molecule has 0 fully saturated rings. The van der Waals surface area contributed by atoms with Crippen molar-refractivity contribution in [1.82, 2.24) is 9.97 Å². The topological polar surface area (TPSA) is 142 Å². The first-order chi connectivity index (χ1) is 13.2. The molecule has 0 aliphatic carbocycles. The second kappa shape index (κ2) is 9.25. The third kappa shape index (κ3) is 5.24. The van der Waals surface area contributed by atoms with Gasteiger partial charge in [0.05, 0.1) is 23.1 Å². The summed E-state index contributed by atoms with van der Waals surface area (Å²) in [4.78, 5) is 19.7. The van der Waals surface area contributed by atoms with E-state index in [1.165, 1.54) is 24.8 Å². The Hall–Kier alpha value is -3.04. The van der Waals surface area contributed by atoms with E-state index in [4.69, 9.17) is 45.1 Å². The molecule has 0 aliphatic rings. The first-order valence-electron chi connectivity index (χ1n) is 7.79. The largest absolute Gasteiger partial charge is 0.482 e. The van der Waals surface area contributed by atoms with Crippen LogP contribution in [0.5, 0.6) is 0 Å². The molecule has 0 spiro atoms. The van der Waals surface area contributed by atoms with Gasteiger partial charge in [0.2, 0.25) is 0 Å². The molecule has 28 heavy (non-hydrogen) atoms. The number of ether oxygens (including phenoxy) is 1. The Morgan fingerprint density at radius 1 is 1.25 bits per heavy atom. The van der Waals surface area contributed by atoms with Crippen molar-refractivity contribution in [2.75, 3.05) is 5.32 Å². The lowest BCUT2D eigenvalue weighted by atomic mass is 10.1. The van der Waals surface area contributed by atoms with Crippen LogP contribution in [0.1, 0.15) is 18.6 Å². The van der Waals surface area contributed by atoms with Crippen LogP contribution in [0, 0.1) is 5.82 Å². The number of carbonyl (C=O) groups excluding carboxylic acids is 1. The van der Waals surface area contributed by atoms with E-state index in [9.17, 15) is 9.18 Å². The summed E-state index contributed by atoms with van der Waals surface area (Å²) in [6.45, 7) is 1.56. The fourth-order valence-electron chi connectivity index (χ4n) is 2.12. The van der Waals surface area contributed by atoms with Gasteiger partial charge >= 0.3 is 0 Å². The number of carbonyl (C=O) groups is 1. The lowest BCUT2D eigenvalue weighted by molar-refractivity contribution is -0.112. The van der Waals surface area contributed by atoms with Crippen LogP contribution >= 0.6 is 23.2 Å². The Bertz CT molecular complexity index is 933. The van der Waals surface area contributed by atoms with Crippen molar-refractivity contribution in [1.29, 1.82) is 0 Å². The lowest BCUT2D eigenvalue weighted by Gasteiger charge is -2.19. The second-order valence-corrected chi connectivity index (χ2v) is 6.30. The molecule has 1 unspecified atom stereocenters. The van der Waals surface area contributed by atoms with Crippen LogP contribution < -0.4 is 22.5 Å². The number of anilines is 1. The first-order valence-corrected chi connectivity index (χ1v) is 8.55. The zero-order chi connectivity index (χ0) is 20.8. The number of hydrogen-bond donors (Lipinski definition) is 4. The summed E-state index contributed by atoms with van der Waals surface area (Å²) in [5.74, 6) is -1.69. The van der Waals surface area contributed by atoms with E-state index in [1.54, 1.807) is 6.92 Å². The summed E-state index contributed by atoms with van der Waals surface area (Å²) in [5, 5.41) is 2.48. The van der Waals surface area contributed by atoms with E-state index in [2.05, 4.69) is 15.3 Å². The monoisotopic (exact) mass is 426 g/mol. The van der Waals surface area contributed by atoms with Crippen molar-refractivity contribution < 1.29 is 13.9 Å². The van der Waals surface area contributed by atoms with Gasteiger partial charge in [-0.3, -0.25) is 4.79 Å². The number of rotatable bonds is 6. The normalized spacial score (nSPS) is 12.2. The highest BCUT2D eigenvalue weighted by molar-refractivity contribution is 6.36. The predicted molar refractivity (Wildman–Crippen MR) is 104 cm³/mol. The predicted octanol–water partition coefficient (Wildman–Crippen LogP) is 2.57. The minimum atomic E-state index is -0.845. The lowest BCUT2D eigenvalue weighted by Crippen LogP contribution is -2.22. The molecule has 7 N–H and O–H groups in total. The molecule has 2 aromatic rings. The van der Waals surface area contributed by atoms with Gasteiger partial charge in [-0.25, -0.2) is 14.4 Å². The van der Waals surface area contributed by atoms with Gasteiger partial charge in [-0.15, -0.1) is 0 Å². The number of benzene rings is 1. The van der Waals surface area contributed by atoms with Gasteiger partial charge in [-0.2, -0.15) is 0 Å². The van der Waals surface area contributed by atoms with Gasteiger partial charge in [-0.1, -0.05) is 23.2 Å². The number of halogens is 3. The molecule has 1 amide bonds. The van der Waals surface area contributed by atoms with E-state index >= 15 is 0 Å². The maximum Gasteiger partial charge on any atom is 0.271 e. The molecular formula is C17H17Cl2FN6O2. The highest BCUT2D eigenvalue weighted by atomic mass is 35.5. The molecule has 0 aliphatic heterocycles. The SMILES string of the molecule is CC(OC(/C=C(\N)C(=O)Nc1cncnc1)=C(N)N)c1c(Cl)ccc(F)c1Cl. The zero-order valence-electron chi connectivity index (χ0n) is 14.6. The van der Waals surface area contributed by atoms with Crippen molar-refractivity contribution >= 4 is 34.8 Å². The molecule has 2 rings (SSSR count). The molecule has 11 heteroatoms. The molecule has 0 bridgehead atoms.